The van der Waals surface area contributed by atoms with Gasteiger partial charge in [0.25, 0.3) is 17.7 Å². The Hall–Kier alpha value is -4.76. The van der Waals surface area contributed by atoms with Crippen LogP contribution in [0.3, 0.4) is 0 Å². The predicted octanol–water partition coefficient (Wildman–Crippen LogP) is 6.34. The van der Waals surface area contributed by atoms with E-state index in [0.717, 1.165) is 0 Å². The third-order valence-electron chi connectivity index (χ3n) is 12.9. The Labute approximate surface area is 354 Å². The molecule has 4 aromatic rings. The van der Waals surface area contributed by atoms with Crippen LogP contribution in [-0.2, 0) is 27.9 Å². The number of rotatable bonds is 9. The van der Waals surface area contributed by atoms with Crippen LogP contribution in [0.1, 0.15) is 114 Å². The van der Waals surface area contributed by atoms with Crippen LogP contribution in [0.4, 0.5) is 17.1 Å². The second-order valence-electron chi connectivity index (χ2n) is 18.7. The second kappa shape index (κ2) is 15.3. The van der Waals surface area contributed by atoms with Crippen molar-refractivity contribution in [2.75, 3.05) is 16.0 Å². The van der Waals surface area contributed by atoms with Gasteiger partial charge in [0.15, 0.2) is 0 Å². The maximum absolute atomic E-state index is 14.3. The van der Waals surface area contributed by atoms with Gasteiger partial charge in [-0.1, -0.05) is 54.6 Å². The highest BCUT2D eigenvalue weighted by atomic mass is 16.7. The van der Waals surface area contributed by atoms with E-state index in [0.29, 0.717) is 33.5 Å². The number of carbonyl (C=O) groups is 3. The maximum atomic E-state index is 14.3. The van der Waals surface area contributed by atoms with Crippen molar-refractivity contribution in [1.29, 1.82) is 0 Å². The molecule has 0 bridgehead atoms. The number of hydrogen-bond acceptors (Lipinski definition) is 9. The second-order valence-corrected chi connectivity index (χ2v) is 18.7. The summed E-state index contributed by atoms with van der Waals surface area (Å²) in [6.07, 6.45) is 0. The van der Waals surface area contributed by atoms with E-state index >= 15 is 0 Å². The van der Waals surface area contributed by atoms with Crippen molar-refractivity contribution in [3.63, 3.8) is 0 Å². The van der Waals surface area contributed by atoms with Crippen molar-refractivity contribution < 1.29 is 42.3 Å². The number of anilines is 3. The lowest BCUT2D eigenvalue weighted by atomic mass is 9.77. The van der Waals surface area contributed by atoms with Crippen molar-refractivity contribution >= 4 is 72.5 Å². The molecule has 12 nitrogen and oxygen atoms in total. The molecular weight excluding hydrogens is 759 g/mol. The Morgan fingerprint density at radius 2 is 0.567 bits per heavy atom. The maximum Gasteiger partial charge on any atom is 0.496 e. The van der Waals surface area contributed by atoms with E-state index in [9.17, 15) is 14.4 Å². The number of carbonyl (C=O) groups excluding carboxylic acids is 3. The quantitative estimate of drug-likeness (QED) is 0.165. The molecule has 3 fully saturated rings. The summed E-state index contributed by atoms with van der Waals surface area (Å²) >= 11 is 0. The van der Waals surface area contributed by atoms with Gasteiger partial charge in [0.2, 0.25) is 0 Å². The standard InChI is InChI=1S/C45H54B3N3O9/c1-40(2)41(3,4)56-46(55-40)31-19-13-16-22-34(31)49-37(52)28-25-29(38(53)50-35-23-17-14-20-32(35)47-57-42(5,6)43(7,8)58-47)27-30(26-28)39(54)51-36-24-18-15-21-33(36)48-59-44(9,10)45(11,12)60-48/h13-27H,1-12H3,(H,49,52)(H,50,53)(H,51,54). The molecule has 0 aromatic heterocycles. The monoisotopic (exact) mass is 813 g/mol. The number of para-hydroxylation sites is 3. The number of benzene rings is 4. The van der Waals surface area contributed by atoms with Crippen LogP contribution < -0.4 is 32.3 Å². The molecule has 0 unspecified atom stereocenters. The van der Waals surface area contributed by atoms with Crippen LogP contribution in [0.2, 0.25) is 0 Å². The first-order valence-corrected chi connectivity index (χ1v) is 20.3. The van der Waals surface area contributed by atoms with Gasteiger partial charge in [-0.25, -0.2) is 0 Å². The zero-order valence-corrected chi connectivity index (χ0v) is 36.6. The summed E-state index contributed by atoms with van der Waals surface area (Å²) in [5, 5.41) is 8.95. The largest absolute Gasteiger partial charge is 0.496 e. The summed E-state index contributed by atoms with van der Waals surface area (Å²) in [6, 6.07) is 26.0. The fraction of sp³-hybridized carbons (Fsp3) is 0.400. The topological polar surface area (TPSA) is 143 Å². The molecule has 0 saturated carbocycles. The van der Waals surface area contributed by atoms with Gasteiger partial charge < -0.3 is 43.9 Å². The van der Waals surface area contributed by atoms with Gasteiger partial charge in [0.05, 0.1) is 33.6 Å². The van der Waals surface area contributed by atoms with E-state index in [-0.39, 0.29) is 16.7 Å². The zero-order chi connectivity index (χ0) is 43.6. The van der Waals surface area contributed by atoms with Gasteiger partial charge in [-0.3, -0.25) is 14.4 Å². The lowest BCUT2D eigenvalue weighted by molar-refractivity contribution is 0.00578. The van der Waals surface area contributed by atoms with Crippen molar-refractivity contribution in [1.82, 2.24) is 0 Å². The minimum Gasteiger partial charge on any atom is -0.399 e. The van der Waals surface area contributed by atoms with Crippen LogP contribution >= 0.6 is 0 Å². The van der Waals surface area contributed by atoms with Crippen LogP contribution in [-0.4, -0.2) is 72.7 Å². The van der Waals surface area contributed by atoms with E-state index in [1.165, 1.54) is 18.2 Å². The normalized spacial score (nSPS) is 20.5. The van der Waals surface area contributed by atoms with E-state index in [2.05, 4.69) is 16.0 Å². The van der Waals surface area contributed by atoms with Gasteiger partial charge >= 0.3 is 21.4 Å². The molecule has 0 aliphatic carbocycles. The molecule has 3 aliphatic rings. The molecular formula is C45H54B3N3O9. The highest BCUT2D eigenvalue weighted by Gasteiger charge is 2.54. The molecule has 3 N–H and O–H groups in total. The highest BCUT2D eigenvalue weighted by molar-refractivity contribution is 6.65. The highest BCUT2D eigenvalue weighted by Crippen LogP contribution is 2.39. The van der Waals surface area contributed by atoms with Gasteiger partial charge in [0, 0.05) is 50.1 Å². The zero-order valence-electron chi connectivity index (χ0n) is 36.6. The fourth-order valence-corrected chi connectivity index (χ4v) is 6.96. The van der Waals surface area contributed by atoms with Crippen molar-refractivity contribution in [3.05, 3.63) is 108 Å². The minimum absolute atomic E-state index is 0.0648. The van der Waals surface area contributed by atoms with Crippen LogP contribution in [0.5, 0.6) is 0 Å². The third-order valence-corrected chi connectivity index (χ3v) is 12.9. The molecule has 3 amide bonds. The Morgan fingerprint density at radius 3 is 0.783 bits per heavy atom. The van der Waals surface area contributed by atoms with Crippen molar-refractivity contribution in [2.24, 2.45) is 0 Å². The Balaban J connectivity index is 1.22. The van der Waals surface area contributed by atoms with E-state index < -0.39 is 72.7 Å². The smallest absolute Gasteiger partial charge is 0.399 e. The van der Waals surface area contributed by atoms with E-state index in [4.69, 9.17) is 27.9 Å². The molecule has 3 aliphatic heterocycles. The number of hydrogen-bond donors (Lipinski definition) is 3. The van der Waals surface area contributed by atoms with Gasteiger partial charge in [0.1, 0.15) is 0 Å². The van der Waals surface area contributed by atoms with Gasteiger partial charge in [-0.05, 0) is 119 Å². The number of nitrogens with one attached hydrogen (secondary N) is 3. The lowest BCUT2D eigenvalue weighted by Gasteiger charge is -2.32. The van der Waals surface area contributed by atoms with Gasteiger partial charge in [-0.15, -0.1) is 0 Å². The summed E-state index contributed by atoms with van der Waals surface area (Å²) in [7, 11) is -2.26. The molecule has 3 saturated heterocycles. The summed E-state index contributed by atoms with van der Waals surface area (Å²) in [6.45, 7) is 23.5. The summed E-state index contributed by atoms with van der Waals surface area (Å²) < 4.78 is 37.9. The van der Waals surface area contributed by atoms with E-state index in [1.807, 2.05) is 119 Å². The Morgan fingerprint density at radius 1 is 0.367 bits per heavy atom. The molecule has 0 radical (unpaired) electrons. The van der Waals surface area contributed by atoms with Gasteiger partial charge in [-0.2, -0.15) is 0 Å². The Kier molecular flexibility index (Phi) is 11.1. The summed E-state index contributed by atoms with van der Waals surface area (Å²) in [5.74, 6) is -1.67. The summed E-state index contributed by atoms with van der Waals surface area (Å²) in [4.78, 5) is 42.8. The molecule has 0 spiro atoms. The average molecular weight is 813 g/mol. The van der Waals surface area contributed by atoms with Crippen molar-refractivity contribution in [3.8, 4) is 0 Å². The first-order valence-electron chi connectivity index (χ1n) is 20.3. The van der Waals surface area contributed by atoms with Crippen LogP contribution in [0, 0.1) is 0 Å². The minimum atomic E-state index is -0.752. The molecule has 312 valence electrons. The Bertz CT molecular complexity index is 2030. The van der Waals surface area contributed by atoms with E-state index in [1.54, 1.807) is 36.4 Å². The molecule has 60 heavy (non-hydrogen) atoms. The predicted molar refractivity (Wildman–Crippen MR) is 237 cm³/mol. The first kappa shape index (κ1) is 43.3. The number of amides is 3. The first-order chi connectivity index (χ1) is 27.9. The van der Waals surface area contributed by atoms with Crippen molar-refractivity contribution in [2.45, 2.75) is 117 Å². The lowest BCUT2D eigenvalue weighted by Crippen LogP contribution is -2.41. The third kappa shape index (κ3) is 8.19. The molecule has 4 aromatic carbocycles. The molecule has 15 heteroatoms. The molecule has 0 atom stereocenters. The SMILES string of the molecule is CC1(C)OB(c2ccccc2NC(=O)c2cc(C(=O)Nc3ccccc3B3OC(C)(C)C(C)(C)O3)cc(C(=O)Nc3ccccc3B3OC(C)(C)C(C)(C)O3)c2)OC1(C)C. The molecule has 3 heterocycles. The average Bonchev–Trinajstić information content (AvgIpc) is 3.63. The molecule has 7 rings (SSSR count). The van der Waals surface area contributed by atoms with Crippen LogP contribution in [0.25, 0.3) is 0 Å². The summed E-state index contributed by atoms with van der Waals surface area (Å²) in [5.41, 5.74) is -0.246. The fourth-order valence-electron chi connectivity index (χ4n) is 6.96. The van der Waals surface area contributed by atoms with Crippen LogP contribution in [0.15, 0.2) is 91.0 Å².